The molecule has 0 spiro atoms. The van der Waals surface area contributed by atoms with Gasteiger partial charge in [0.05, 0.1) is 12.8 Å². The molecule has 0 aliphatic carbocycles. The fraction of sp³-hybridized carbons (Fsp3) is 0.154. The molecule has 10 heteroatoms. The molecule has 0 N–H and O–H groups in total. The summed E-state index contributed by atoms with van der Waals surface area (Å²) in [6.45, 7) is 1.83. The average Bonchev–Trinajstić information content (AvgIpc) is 2.94. The number of halogens is 5. The number of hydrogen-bond acceptors (Lipinski definition) is 4. The Bertz CT molecular complexity index is 796. The van der Waals surface area contributed by atoms with Gasteiger partial charge in [-0.3, -0.25) is 0 Å². The first kappa shape index (κ1) is 16.4. The highest BCUT2D eigenvalue weighted by molar-refractivity contribution is 5.61. The topological polar surface area (TPSA) is 63.2 Å². The van der Waals surface area contributed by atoms with E-state index in [0.29, 0.717) is 4.68 Å². The number of nitrogens with zero attached hydrogens (tertiary/aromatic N) is 4. The van der Waals surface area contributed by atoms with E-state index in [9.17, 15) is 22.0 Å². The van der Waals surface area contributed by atoms with Crippen LogP contribution >= 0.6 is 0 Å². The number of aliphatic imine (C=N–C) groups is 1. The van der Waals surface area contributed by atoms with E-state index >= 15 is 0 Å². The first-order chi connectivity index (χ1) is 10.9. The van der Waals surface area contributed by atoms with Crippen molar-refractivity contribution in [2.24, 2.45) is 4.99 Å². The molecule has 0 atom stereocenters. The molecule has 0 radical (unpaired) electrons. The lowest BCUT2D eigenvalue weighted by atomic mass is 10.2. The van der Waals surface area contributed by atoms with Crippen molar-refractivity contribution in [2.45, 2.75) is 6.92 Å². The Morgan fingerprint density at radius 2 is 1.74 bits per heavy atom. The molecule has 1 aromatic carbocycles. The molecule has 0 fully saturated rings. The van der Waals surface area contributed by atoms with Crippen molar-refractivity contribution >= 4 is 12.2 Å². The zero-order valence-corrected chi connectivity index (χ0v) is 11.4. The fourth-order valence-corrected chi connectivity index (χ4v) is 1.65. The van der Waals surface area contributed by atoms with E-state index in [2.05, 4.69) is 10.1 Å². The number of rotatable bonds is 4. The summed E-state index contributed by atoms with van der Waals surface area (Å²) in [7, 11) is 0. The van der Waals surface area contributed by atoms with Crippen molar-refractivity contribution < 1.29 is 26.7 Å². The van der Waals surface area contributed by atoms with Crippen LogP contribution in [-0.2, 0) is 4.74 Å². The van der Waals surface area contributed by atoms with Gasteiger partial charge in [0, 0.05) is 0 Å². The monoisotopic (exact) mass is 330 g/mol. The minimum Gasteiger partial charge on any atom is -0.483 e. The summed E-state index contributed by atoms with van der Waals surface area (Å²) in [4.78, 5) is 3.63. The minimum atomic E-state index is -2.30. The Balaban J connectivity index is 2.74. The molecule has 0 bridgehead atoms. The second kappa shape index (κ2) is 6.43. The van der Waals surface area contributed by atoms with Crippen LogP contribution in [-0.4, -0.2) is 22.8 Å². The molecule has 0 saturated heterocycles. The van der Waals surface area contributed by atoms with Crippen molar-refractivity contribution in [3.05, 3.63) is 40.8 Å². The van der Waals surface area contributed by atoms with Crippen molar-refractivity contribution in [2.75, 3.05) is 6.61 Å². The van der Waals surface area contributed by atoms with Gasteiger partial charge < -0.3 is 4.74 Å². The summed E-state index contributed by atoms with van der Waals surface area (Å²) in [6, 6.07) is 1.63. The quantitative estimate of drug-likeness (QED) is 0.284. The molecule has 0 saturated carbocycles. The van der Waals surface area contributed by atoms with Crippen LogP contribution in [0.25, 0.3) is 5.69 Å². The van der Waals surface area contributed by atoms with E-state index in [0.717, 1.165) is 12.6 Å². The molecule has 0 aliphatic rings. The van der Waals surface area contributed by atoms with Crippen LogP contribution in [0.3, 0.4) is 0 Å². The number of benzene rings is 1. The van der Waals surface area contributed by atoms with Gasteiger partial charge in [-0.2, -0.15) is 15.4 Å². The van der Waals surface area contributed by atoms with Gasteiger partial charge in [0.2, 0.25) is 5.82 Å². The van der Waals surface area contributed by atoms with Gasteiger partial charge in [-0.15, -0.1) is 0 Å². The second-order valence-corrected chi connectivity index (χ2v) is 4.01. The zero-order valence-electron chi connectivity index (χ0n) is 11.4. The van der Waals surface area contributed by atoms with Crippen LogP contribution < -0.4 is 0 Å². The first-order valence-electron chi connectivity index (χ1n) is 6.08. The largest absolute Gasteiger partial charge is 0.483 e. The van der Waals surface area contributed by atoms with E-state index in [1.807, 2.05) is 0 Å². The van der Waals surface area contributed by atoms with E-state index in [4.69, 9.17) is 10.00 Å². The Morgan fingerprint density at radius 3 is 2.26 bits per heavy atom. The molecule has 5 nitrogen and oxygen atoms in total. The Kier molecular flexibility index (Phi) is 4.59. The first-order valence-corrected chi connectivity index (χ1v) is 6.08. The van der Waals surface area contributed by atoms with Gasteiger partial charge in [0.15, 0.2) is 35.5 Å². The Morgan fingerprint density at radius 1 is 1.17 bits per heavy atom. The van der Waals surface area contributed by atoms with Crippen molar-refractivity contribution in [1.82, 2.24) is 9.78 Å². The van der Waals surface area contributed by atoms with Gasteiger partial charge in [-0.05, 0) is 6.92 Å². The fourth-order valence-electron chi connectivity index (χ4n) is 1.65. The minimum absolute atomic E-state index is 0.210. The zero-order chi connectivity index (χ0) is 17.1. The van der Waals surface area contributed by atoms with E-state index in [1.54, 1.807) is 13.0 Å². The summed E-state index contributed by atoms with van der Waals surface area (Å²) < 4.78 is 72.4. The molecule has 120 valence electrons. The maximum atomic E-state index is 13.8. The molecule has 1 aromatic heterocycles. The molecule has 0 unspecified atom stereocenters. The highest BCUT2D eigenvalue weighted by Gasteiger charge is 2.29. The molecule has 1 heterocycles. The summed E-state index contributed by atoms with van der Waals surface area (Å²) >= 11 is 0. The smallest absolute Gasteiger partial charge is 0.200 e. The summed E-state index contributed by atoms with van der Waals surface area (Å²) in [5, 5.41) is 12.4. The molecule has 2 aromatic rings. The van der Waals surface area contributed by atoms with Crippen molar-refractivity contribution in [3.8, 4) is 11.8 Å². The van der Waals surface area contributed by atoms with Crippen molar-refractivity contribution in [3.63, 3.8) is 0 Å². The second-order valence-electron chi connectivity index (χ2n) is 4.01. The number of hydrogen-bond donors (Lipinski definition) is 0. The van der Waals surface area contributed by atoms with Crippen LogP contribution in [0.15, 0.2) is 11.2 Å². The Hall–Kier alpha value is -2.96. The van der Waals surface area contributed by atoms with Gasteiger partial charge >= 0.3 is 0 Å². The number of ether oxygens (including phenoxy) is 1. The summed E-state index contributed by atoms with van der Waals surface area (Å²) in [5.74, 6) is -11.2. The molecular weight excluding hydrogens is 323 g/mol. The van der Waals surface area contributed by atoms with E-state index < -0.39 is 40.6 Å². The average molecular weight is 330 g/mol. The van der Waals surface area contributed by atoms with Gasteiger partial charge in [0.1, 0.15) is 17.3 Å². The molecular formula is C13H7F5N4O. The third kappa shape index (κ3) is 2.73. The summed E-state index contributed by atoms with van der Waals surface area (Å²) in [5.41, 5.74) is -1.59. The molecule has 2 rings (SSSR count). The van der Waals surface area contributed by atoms with Crippen LogP contribution in [0, 0.1) is 40.4 Å². The van der Waals surface area contributed by atoms with Gasteiger partial charge in [-0.25, -0.2) is 26.6 Å². The van der Waals surface area contributed by atoms with Crippen LogP contribution in [0.2, 0.25) is 0 Å². The third-order valence-corrected chi connectivity index (χ3v) is 2.68. The van der Waals surface area contributed by atoms with Gasteiger partial charge in [-0.1, -0.05) is 0 Å². The predicted molar refractivity (Wildman–Crippen MR) is 67.8 cm³/mol. The predicted octanol–water partition coefficient (Wildman–Crippen LogP) is 3.14. The van der Waals surface area contributed by atoms with E-state index in [1.165, 1.54) is 0 Å². The Labute approximate surface area is 126 Å². The lowest BCUT2D eigenvalue weighted by molar-refractivity contribution is 0.343. The highest BCUT2D eigenvalue weighted by Crippen LogP contribution is 2.30. The maximum Gasteiger partial charge on any atom is 0.200 e. The lowest BCUT2D eigenvalue weighted by Crippen LogP contribution is -2.10. The third-order valence-electron chi connectivity index (χ3n) is 2.68. The van der Waals surface area contributed by atoms with Crippen LogP contribution in [0.1, 0.15) is 12.5 Å². The molecule has 23 heavy (non-hydrogen) atoms. The van der Waals surface area contributed by atoms with Gasteiger partial charge in [0.25, 0.3) is 0 Å². The standard InChI is InChI=1S/C13H7F5N4O/c1-2-23-5-20-13-6(3-19)4-21-22(13)12-10(17)8(15)7(14)9(16)11(12)18/h4-5H,2H2,1H3/b20-5+. The highest BCUT2D eigenvalue weighted by atomic mass is 19.2. The summed E-state index contributed by atoms with van der Waals surface area (Å²) in [6.07, 6.45) is 1.73. The SMILES string of the molecule is CCO/C=N/c1c(C#N)cnn1-c1c(F)c(F)c(F)c(F)c1F. The number of nitriles is 1. The van der Waals surface area contributed by atoms with E-state index in [-0.39, 0.29) is 12.2 Å². The molecule has 0 aliphatic heterocycles. The normalized spacial score (nSPS) is 11.0. The van der Waals surface area contributed by atoms with Crippen LogP contribution in [0.5, 0.6) is 0 Å². The van der Waals surface area contributed by atoms with Crippen LogP contribution in [0.4, 0.5) is 27.8 Å². The van der Waals surface area contributed by atoms with Crippen molar-refractivity contribution in [1.29, 1.82) is 5.26 Å². The maximum absolute atomic E-state index is 13.8. The lowest BCUT2D eigenvalue weighted by Gasteiger charge is -2.09. The molecule has 0 amide bonds. The number of aromatic nitrogens is 2.